The molecule has 0 radical (unpaired) electrons. The number of ether oxygens (including phenoxy) is 3. The van der Waals surface area contributed by atoms with E-state index in [4.69, 9.17) is 14.2 Å². The van der Waals surface area contributed by atoms with Gasteiger partial charge in [-0.2, -0.15) is 18.3 Å². The predicted molar refractivity (Wildman–Crippen MR) is 167 cm³/mol. The SMILES string of the molecule is COC(=O)CC1COc2cc(OC3CCc4c3ccc(C(F)(F)F)c4-c3ccc(-c4c(C)nn(CC(C)(C)O)c4C)cc3)ccc21. The van der Waals surface area contributed by atoms with E-state index in [1.54, 1.807) is 36.7 Å². The molecular weight excluding hydrogens is 597 g/mol. The fourth-order valence-corrected chi connectivity index (χ4v) is 6.74. The Morgan fingerprint density at radius 1 is 1.02 bits per heavy atom. The molecule has 1 aliphatic carbocycles. The maximum Gasteiger partial charge on any atom is 0.417 e. The summed E-state index contributed by atoms with van der Waals surface area (Å²) in [6.45, 7) is 7.93. The second-order valence-electron chi connectivity index (χ2n) is 12.8. The number of hydrogen-bond donors (Lipinski definition) is 1. The number of rotatable bonds is 8. The number of nitrogens with zero attached hydrogens (tertiary/aromatic N) is 2. The lowest BCUT2D eigenvalue weighted by Gasteiger charge is -2.20. The number of aliphatic hydroxyl groups is 1. The first-order chi connectivity index (χ1) is 21.7. The Hall–Kier alpha value is -4.31. The summed E-state index contributed by atoms with van der Waals surface area (Å²) < 4.78 is 61.9. The van der Waals surface area contributed by atoms with Crippen LogP contribution in [0.4, 0.5) is 13.2 Å². The zero-order chi connectivity index (χ0) is 33.0. The smallest absolute Gasteiger partial charge is 0.417 e. The van der Waals surface area contributed by atoms with Crippen LogP contribution < -0.4 is 9.47 Å². The van der Waals surface area contributed by atoms with E-state index in [-0.39, 0.29) is 23.9 Å². The van der Waals surface area contributed by atoms with Gasteiger partial charge in [-0.15, -0.1) is 0 Å². The van der Waals surface area contributed by atoms with Crippen LogP contribution in [-0.2, 0) is 28.7 Å². The van der Waals surface area contributed by atoms with Gasteiger partial charge in [-0.05, 0) is 80.5 Å². The molecule has 2 unspecified atom stereocenters. The highest BCUT2D eigenvalue weighted by Crippen LogP contribution is 2.47. The molecule has 0 saturated carbocycles. The fraction of sp³-hybridized carbons (Fsp3) is 0.389. The Morgan fingerprint density at radius 3 is 2.35 bits per heavy atom. The van der Waals surface area contributed by atoms with Crippen molar-refractivity contribution in [3.8, 4) is 33.8 Å². The lowest BCUT2D eigenvalue weighted by atomic mass is 9.90. The van der Waals surface area contributed by atoms with Crippen LogP contribution in [0, 0.1) is 13.8 Å². The summed E-state index contributed by atoms with van der Waals surface area (Å²) in [7, 11) is 1.35. The van der Waals surface area contributed by atoms with Crippen LogP contribution in [0.5, 0.6) is 11.5 Å². The van der Waals surface area contributed by atoms with Crippen molar-refractivity contribution in [3.63, 3.8) is 0 Å². The number of fused-ring (bicyclic) bond motifs is 2. The van der Waals surface area contributed by atoms with Gasteiger partial charge in [-0.3, -0.25) is 9.48 Å². The Kier molecular flexibility index (Phi) is 8.13. The highest BCUT2D eigenvalue weighted by atomic mass is 19.4. The monoisotopic (exact) mass is 634 g/mol. The minimum Gasteiger partial charge on any atom is -0.492 e. The molecule has 10 heteroatoms. The van der Waals surface area contributed by atoms with E-state index < -0.39 is 23.4 Å². The van der Waals surface area contributed by atoms with Crippen molar-refractivity contribution in [2.75, 3.05) is 13.7 Å². The van der Waals surface area contributed by atoms with Crippen molar-refractivity contribution in [1.29, 1.82) is 0 Å². The van der Waals surface area contributed by atoms with E-state index in [9.17, 15) is 23.1 Å². The first-order valence-corrected chi connectivity index (χ1v) is 15.3. The zero-order valence-electron chi connectivity index (χ0n) is 26.5. The first-order valence-electron chi connectivity index (χ1n) is 15.3. The Labute approximate surface area is 265 Å². The summed E-state index contributed by atoms with van der Waals surface area (Å²) in [4.78, 5) is 11.8. The zero-order valence-corrected chi connectivity index (χ0v) is 26.5. The second-order valence-corrected chi connectivity index (χ2v) is 12.8. The number of methoxy groups -OCH3 is 1. The largest absolute Gasteiger partial charge is 0.492 e. The molecule has 1 N–H and O–H groups in total. The van der Waals surface area contributed by atoms with Gasteiger partial charge in [-0.25, -0.2) is 0 Å². The molecule has 0 saturated heterocycles. The van der Waals surface area contributed by atoms with Crippen LogP contribution in [0.2, 0.25) is 0 Å². The quantitative estimate of drug-likeness (QED) is 0.200. The molecule has 0 amide bonds. The Balaban J connectivity index is 1.30. The molecule has 46 heavy (non-hydrogen) atoms. The van der Waals surface area contributed by atoms with Gasteiger partial charge >= 0.3 is 12.1 Å². The molecule has 1 aromatic heterocycles. The molecule has 2 aliphatic rings. The molecule has 2 heterocycles. The summed E-state index contributed by atoms with van der Waals surface area (Å²) in [5.41, 5.74) is 4.70. The van der Waals surface area contributed by atoms with Gasteiger partial charge in [0, 0.05) is 28.8 Å². The van der Waals surface area contributed by atoms with Gasteiger partial charge in [-0.1, -0.05) is 36.4 Å². The van der Waals surface area contributed by atoms with E-state index in [2.05, 4.69) is 5.10 Å². The predicted octanol–water partition coefficient (Wildman–Crippen LogP) is 7.73. The minimum absolute atomic E-state index is 0.102. The number of carbonyl (C=O) groups is 1. The topological polar surface area (TPSA) is 82.8 Å². The summed E-state index contributed by atoms with van der Waals surface area (Å²) in [6.07, 6.45) is -3.77. The van der Waals surface area contributed by atoms with Gasteiger partial charge in [0.1, 0.15) is 17.6 Å². The van der Waals surface area contributed by atoms with Gasteiger partial charge < -0.3 is 19.3 Å². The third-order valence-electron chi connectivity index (χ3n) is 8.82. The van der Waals surface area contributed by atoms with Gasteiger partial charge in [0.15, 0.2) is 0 Å². The maximum absolute atomic E-state index is 14.4. The molecule has 4 aromatic rings. The van der Waals surface area contributed by atoms with Crippen molar-refractivity contribution in [3.05, 3.63) is 88.2 Å². The summed E-state index contributed by atoms with van der Waals surface area (Å²) in [5, 5.41) is 14.9. The number of aryl methyl sites for hydroxylation is 1. The summed E-state index contributed by atoms with van der Waals surface area (Å²) in [6, 6.07) is 15.3. The average Bonchev–Trinajstić information content (AvgIpc) is 3.66. The molecule has 2 atom stereocenters. The van der Waals surface area contributed by atoms with Crippen molar-refractivity contribution in [2.24, 2.45) is 0 Å². The van der Waals surface area contributed by atoms with Crippen molar-refractivity contribution < 1.29 is 37.3 Å². The third-order valence-corrected chi connectivity index (χ3v) is 8.82. The Morgan fingerprint density at radius 2 is 1.70 bits per heavy atom. The average molecular weight is 635 g/mol. The lowest BCUT2D eigenvalue weighted by molar-refractivity contribution is -0.141. The van der Waals surface area contributed by atoms with Crippen molar-refractivity contribution in [2.45, 2.75) is 77.3 Å². The highest BCUT2D eigenvalue weighted by molar-refractivity contribution is 5.78. The van der Waals surface area contributed by atoms with Crippen LogP contribution in [0.25, 0.3) is 22.3 Å². The van der Waals surface area contributed by atoms with Gasteiger partial charge in [0.2, 0.25) is 0 Å². The Bertz CT molecular complexity index is 1790. The molecule has 0 spiro atoms. The van der Waals surface area contributed by atoms with Gasteiger partial charge in [0.25, 0.3) is 0 Å². The number of carbonyl (C=O) groups excluding carboxylic acids is 1. The van der Waals surface area contributed by atoms with Crippen LogP contribution >= 0.6 is 0 Å². The molecule has 7 nitrogen and oxygen atoms in total. The van der Waals surface area contributed by atoms with Crippen LogP contribution in [0.1, 0.15) is 72.4 Å². The summed E-state index contributed by atoms with van der Waals surface area (Å²) in [5.74, 6) is 0.776. The number of esters is 1. The van der Waals surface area contributed by atoms with Crippen LogP contribution in [0.3, 0.4) is 0 Å². The lowest BCUT2D eigenvalue weighted by Crippen LogP contribution is -2.27. The molecule has 3 aromatic carbocycles. The number of halogens is 3. The normalized spacial score (nSPS) is 17.4. The van der Waals surface area contributed by atoms with E-state index in [0.29, 0.717) is 48.6 Å². The first kappa shape index (κ1) is 31.7. The minimum atomic E-state index is -4.54. The molecule has 242 valence electrons. The van der Waals surface area contributed by atoms with Crippen molar-refractivity contribution in [1.82, 2.24) is 9.78 Å². The third kappa shape index (κ3) is 6.10. The van der Waals surface area contributed by atoms with E-state index >= 15 is 0 Å². The molecular formula is C36H37F3N2O5. The standard InChI is InChI=1S/C36H37F3N2O5/c1-20-33(21(2)41(40-20)19-35(3,4)43)22-6-8-23(9-7-22)34-28-13-15-30(27(28)12-14-29(34)36(37,38)39)46-25-10-11-26-24(16-32(42)44-5)18-45-31(26)17-25/h6-12,14,17,24,30,43H,13,15-16,18-19H2,1-5H3. The number of hydrogen-bond acceptors (Lipinski definition) is 6. The van der Waals surface area contributed by atoms with E-state index in [1.165, 1.54) is 13.2 Å². The molecule has 6 rings (SSSR count). The summed E-state index contributed by atoms with van der Waals surface area (Å²) >= 11 is 0. The van der Waals surface area contributed by atoms with Gasteiger partial charge in [0.05, 0.1) is 43.5 Å². The molecule has 0 fully saturated rings. The fourth-order valence-electron chi connectivity index (χ4n) is 6.74. The van der Waals surface area contributed by atoms with Crippen LogP contribution in [-0.4, -0.2) is 40.2 Å². The van der Waals surface area contributed by atoms with Crippen molar-refractivity contribution >= 4 is 5.97 Å². The van der Waals surface area contributed by atoms with E-state index in [0.717, 1.165) is 39.7 Å². The highest BCUT2D eigenvalue weighted by Gasteiger charge is 2.38. The second kappa shape index (κ2) is 11.8. The van der Waals surface area contributed by atoms with Crippen LogP contribution in [0.15, 0.2) is 54.6 Å². The van der Waals surface area contributed by atoms with E-state index in [1.807, 2.05) is 38.1 Å². The number of aromatic nitrogens is 2. The number of benzene rings is 3. The molecule has 0 bridgehead atoms. The number of alkyl halides is 3. The maximum atomic E-state index is 14.4. The molecule has 1 aliphatic heterocycles.